The fourth-order valence-electron chi connectivity index (χ4n) is 3.81. The van der Waals surface area contributed by atoms with E-state index in [-0.39, 0.29) is 24.9 Å². The molecule has 30 heavy (non-hydrogen) atoms. The highest BCUT2D eigenvalue weighted by Gasteiger charge is 2.44. The number of carbonyl (C=O) groups excluding carboxylic acids is 2. The van der Waals surface area contributed by atoms with Gasteiger partial charge in [0, 0.05) is 23.6 Å². The predicted molar refractivity (Wildman–Crippen MR) is 115 cm³/mol. The van der Waals surface area contributed by atoms with Crippen LogP contribution in [0.15, 0.2) is 42.1 Å². The summed E-state index contributed by atoms with van der Waals surface area (Å²) < 4.78 is 10.9. The van der Waals surface area contributed by atoms with E-state index in [9.17, 15) is 14.7 Å². The summed E-state index contributed by atoms with van der Waals surface area (Å²) in [7, 11) is 0. The number of pyridine rings is 1. The number of aliphatic hydroxyl groups excluding tert-OH is 1. The lowest BCUT2D eigenvalue weighted by atomic mass is 9.97. The molecule has 0 bridgehead atoms. The first-order valence-corrected chi connectivity index (χ1v) is 10.6. The van der Waals surface area contributed by atoms with Crippen LogP contribution in [0, 0.1) is 5.92 Å². The van der Waals surface area contributed by atoms with Crippen LogP contribution in [0.1, 0.15) is 51.5 Å². The first-order chi connectivity index (χ1) is 14.5. The van der Waals surface area contributed by atoms with Gasteiger partial charge in [0.25, 0.3) is 0 Å². The van der Waals surface area contributed by atoms with Crippen molar-refractivity contribution in [1.29, 1.82) is 0 Å². The van der Waals surface area contributed by atoms with Crippen molar-refractivity contribution in [3.8, 4) is 0 Å². The first-order valence-electron chi connectivity index (χ1n) is 10.6. The molecule has 1 N–H and O–H groups in total. The van der Waals surface area contributed by atoms with Crippen molar-refractivity contribution in [2.24, 2.45) is 5.92 Å². The Morgan fingerprint density at radius 1 is 1.30 bits per heavy atom. The normalized spacial score (nSPS) is 20.1. The molecule has 0 spiro atoms. The number of fused-ring (bicyclic) bond motifs is 1. The third kappa shape index (κ3) is 5.05. The summed E-state index contributed by atoms with van der Waals surface area (Å²) in [5.74, 6) is -0.961. The maximum Gasteiger partial charge on any atom is 0.334 e. The van der Waals surface area contributed by atoms with Gasteiger partial charge in [-0.05, 0) is 36.6 Å². The largest absolute Gasteiger partial charge is 0.461 e. The molecule has 1 aliphatic rings. The third-order valence-corrected chi connectivity index (χ3v) is 5.41. The van der Waals surface area contributed by atoms with E-state index < -0.39 is 18.2 Å². The number of hydrogen-bond donors (Lipinski definition) is 1. The Morgan fingerprint density at radius 2 is 2.03 bits per heavy atom. The zero-order chi connectivity index (χ0) is 21.6. The summed E-state index contributed by atoms with van der Waals surface area (Å²) in [6, 6.07) is 9.68. The van der Waals surface area contributed by atoms with Crippen LogP contribution in [0.2, 0.25) is 0 Å². The average molecular weight is 411 g/mol. The van der Waals surface area contributed by atoms with Gasteiger partial charge in [-0.1, -0.05) is 44.9 Å². The fraction of sp³-hybridized carbons (Fsp3) is 0.458. The second kappa shape index (κ2) is 9.85. The summed E-state index contributed by atoms with van der Waals surface area (Å²) in [5.41, 5.74) is 0.846. The standard InChI is InChI=1S/C24H29NO5/c1-3-7-18(8-4-2)22(27)29-16-24(15-26)13-20(23(28)30-24)12-17-11-19-9-5-6-10-21(19)25-14-17/h5-6,9-12,14,18,26H,3-4,7-8,13,15-16H2,1-2H3/b20-12-. The molecule has 0 amide bonds. The molecule has 6 heteroatoms. The summed E-state index contributed by atoms with van der Waals surface area (Å²) in [5, 5.41) is 10.9. The summed E-state index contributed by atoms with van der Waals surface area (Å²) >= 11 is 0. The monoisotopic (exact) mass is 411 g/mol. The van der Waals surface area contributed by atoms with E-state index in [1.807, 2.05) is 44.2 Å². The Morgan fingerprint density at radius 3 is 2.73 bits per heavy atom. The summed E-state index contributed by atoms with van der Waals surface area (Å²) in [6.45, 7) is 3.50. The molecule has 1 aromatic heterocycles. The third-order valence-electron chi connectivity index (χ3n) is 5.41. The lowest BCUT2D eigenvalue weighted by molar-refractivity contribution is -0.169. The number of ether oxygens (including phenoxy) is 2. The van der Waals surface area contributed by atoms with Crippen LogP contribution >= 0.6 is 0 Å². The molecular weight excluding hydrogens is 382 g/mol. The van der Waals surface area contributed by atoms with Crippen molar-refractivity contribution in [2.75, 3.05) is 13.2 Å². The van der Waals surface area contributed by atoms with Gasteiger partial charge >= 0.3 is 11.9 Å². The number of hydrogen-bond acceptors (Lipinski definition) is 6. The minimum Gasteiger partial charge on any atom is -0.461 e. The van der Waals surface area contributed by atoms with Crippen molar-refractivity contribution < 1.29 is 24.2 Å². The molecule has 2 aromatic rings. The van der Waals surface area contributed by atoms with Gasteiger partial charge in [0.2, 0.25) is 0 Å². The maximum absolute atomic E-state index is 12.4. The molecule has 1 aromatic carbocycles. The van der Waals surface area contributed by atoms with Crippen LogP contribution in [0.4, 0.5) is 0 Å². The minimum absolute atomic E-state index is 0.148. The highest BCUT2D eigenvalue weighted by Crippen LogP contribution is 2.33. The summed E-state index contributed by atoms with van der Waals surface area (Å²) in [6.07, 6.45) is 6.91. The van der Waals surface area contributed by atoms with E-state index in [2.05, 4.69) is 4.98 Å². The fourth-order valence-corrected chi connectivity index (χ4v) is 3.81. The number of aromatic nitrogens is 1. The molecule has 1 fully saturated rings. The van der Waals surface area contributed by atoms with E-state index in [1.54, 1.807) is 12.3 Å². The van der Waals surface area contributed by atoms with Gasteiger partial charge < -0.3 is 14.6 Å². The Kier molecular flexibility index (Phi) is 7.21. The average Bonchev–Trinajstić information content (AvgIpc) is 3.07. The number of nitrogens with zero attached hydrogens (tertiary/aromatic N) is 1. The second-order valence-corrected chi connectivity index (χ2v) is 7.92. The minimum atomic E-state index is -1.23. The van der Waals surface area contributed by atoms with Gasteiger partial charge in [-0.25, -0.2) is 4.79 Å². The Bertz CT molecular complexity index is 932. The number of benzene rings is 1. The van der Waals surface area contributed by atoms with E-state index in [0.29, 0.717) is 5.57 Å². The van der Waals surface area contributed by atoms with Gasteiger partial charge in [-0.15, -0.1) is 0 Å². The lowest BCUT2D eigenvalue weighted by Crippen LogP contribution is -2.40. The molecular formula is C24H29NO5. The Hall–Kier alpha value is -2.73. The van der Waals surface area contributed by atoms with Crippen LogP contribution in [-0.4, -0.2) is 40.8 Å². The number of para-hydroxylation sites is 1. The molecule has 0 saturated carbocycles. The van der Waals surface area contributed by atoms with Gasteiger partial charge in [-0.3, -0.25) is 9.78 Å². The van der Waals surface area contributed by atoms with E-state index in [1.165, 1.54) is 0 Å². The Balaban J connectivity index is 1.72. The number of aliphatic hydroxyl groups is 1. The van der Waals surface area contributed by atoms with E-state index in [0.717, 1.165) is 42.1 Å². The van der Waals surface area contributed by atoms with Crippen molar-refractivity contribution in [1.82, 2.24) is 4.98 Å². The lowest BCUT2D eigenvalue weighted by Gasteiger charge is -2.25. The van der Waals surface area contributed by atoms with Crippen molar-refractivity contribution in [3.05, 3.63) is 47.7 Å². The first kappa shape index (κ1) is 22.0. The number of carbonyl (C=O) groups is 2. The van der Waals surface area contributed by atoms with Gasteiger partial charge in [-0.2, -0.15) is 0 Å². The quantitative estimate of drug-likeness (QED) is 0.495. The van der Waals surface area contributed by atoms with Crippen LogP contribution in [0.3, 0.4) is 0 Å². The van der Waals surface area contributed by atoms with Crippen LogP contribution in [-0.2, 0) is 19.1 Å². The van der Waals surface area contributed by atoms with E-state index in [4.69, 9.17) is 9.47 Å². The molecule has 1 atom stereocenters. The van der Waals surface area contributed by atoms with Crippen molar-refractivity contribution in [3.63, 3.8) is 0 Å². The van der Waals surface area contributed by atoms with Crippen LogP contribution in [0.25, 0.3) is 17.0 Å². The number of cyclic esters (lactones) is 1. The van der Waals surface area contributed by atoms with Gasteiger partial charge in [0.15, 0.2) is 5.60 Å². The molecule has 0 radical (unpaired) electrons. The smallest absolute Gasteiger partial charge is 0.334 e. The van der Waals surface area contributed by atoms with Gasteiger partial charge in [0.05, 0.1) is 18.0 Å². The molecule has 1 aliphatic heterocycles. The predicted octanol–water partition coefficient (Wildman–Crippen LogP) is 4.06. The van der Waals surface area contributed by atoms with Crippen molar-refractivity contribution in [2.45, 2.75) is 51.6 Å². The number of rotatable bonds is 9. The second-order valence-electron chi connectivity index (χ2n) is 7.92. The Labute approximate surface area is 176 Å². The molecule has 2 heterocycles. The topological polar surface area (TPSA) is 85.7 Å². The molecule has 1 saturated heterocycles. The molecule has 6 nitrogen and oxygen atoms in total. The molecule has 160 valence electrons. The highest BCUT2D eigenvalue weighted by molar-refractivity contribution is 5.96. The highest BCUT2D eigenvalue weighted by atomic mass is 16.6. The number of esters is 2. The van der Waals surface area contributed by atoms with Crippen LogP contribution < -0.4 is 0 Å². The zero-order valence-corrected chi connectivity index (χ0v) is 17.6. The molecule has 3 rings (SSSR count). The van der Waals surface area contributed by atoms with Crippen LogP contribution in [0.5, 0.6) is 0 Å². The maximum atomic E-state index is 12.4. The van der Waals surface area contributed by atoms with Crippen molar-refractivity contribution >= 4 is 28.9 Å². The molecule has 0 aliphatic carbocycles. The SMILES string of the molecule is CCCC(CCC)C(=O)OCC1(CO)C/C(=C/c2cnc3ccccc3c2)C(=O)O1. The zero-order valence-electron chi connectivity index (χ0n) is 17.6. The van der Waals surface area contributed by atoms with E-state index >= 15 is 0 Å². The van der Waals surface area contributed by atoms with Gasteiger partial charge in [0.1, 0.15) is 6.61 Å². The summed E-state index contributed by atoms with van der Waals surface area (Å²) in [4.78, 5) is 29.3. The molecule has 1 unspecified atom stereocenters.